The van der Waals surface area contributed by atoms with Crippen LogP contribution in [0.25, 0.3) is 0 Å². The van der Waals surface area contributed by atoms with Gasteiger partial charge in [-0.3, -0.25) is 9.59 Å². The van der Waals surface area contributed by atoms with Gasteiger partial charge in [-0.05, 0) is 33.1 Å². The highest BCUT2D eigenvalue weighted by molar-refractivity contribution is 5.99. The number of hydrogen-bond donors (Lipinski definition) is 1. The molecule has 1 aliphatic heterocycles. The largest absolute Gasteiger partial charge is 0.376 e. The summed E-state index contributed by atoms with van der Waals surface area (Å²) in [5.74, 6) is -0.0686. The molecule has 2 aliphatic rings. The fourth-order valence-electron chi connectivity index (χ4n) is 3.15. The van der Waals surface area contributed by atoms with Crippen molar-refractivity contribution in [2.24, 2.45) is 0 Å². The number of rotatable bonds is 5. The van der Waals surface area contributed by atoms with Gasteiger partial charge >= 0.3 is 0 Å². The van der Waals surface area contributed by atoms with Crippen LogP contribution < -0.4 is 5.32 Å². The second-order valence-corrected chi connectivity index (χ2v) is 6.48. The molecule has 2 fully saturated rings. The number of ether oxygens (including phenoxy) is 1. The van der Waals surface area contributed by atoms with Crippen molar-refractivity contribution in [1.29, 1.82) is 0 Å². The van der Waals surface area contributed by atoms with E-state index in [1.165, 1.54) is 19.3 Å². The fourth-order valence-corrected chi connectivity index (χ4v) is 3.15. The maximum absolute atomic E-state index is 12.6. The number of piperazine rings is 1. The molecule has 0 aromatic heterocycles. The van der Waals surface area contributed by atoms with E-state index in [1.54, 1.807) is 18.7 Å². The number of amides is 2. The second kappa shape index (κ2) is 6.77. The normalized spacial score (nSPS) is 31.4. The third-order valence-electron chi connectivity index (χ3n) is 4.92. The molecular formula is C16H28N2O3. The molecule has 0 aromatic carbocycles. The van der Waals surface area contributed by atoms with E-state index in [9.17, 15) is 9.59 Å². The van der Waals surface area contributed by atoms with E-state index in [4.69, 9.17) is 4.74 Å². The molecule has 2 rings (SSSR count). The second-order valence-electron chi connectivity index (χ2n) is 6.48. The molecule has 21 heavy (non-hydrogen) atoms. The third kappa shape index (κ3) is 3.57. The summed E-state index contributed by atoms with van der Waals surface area (Å²) in [4.78, 5) is 26.3. The summed E-state index contributed by atoms with van der Waals surface area (Å²) in [5.41, 5.74) is -0.769. The summed E-state index contributed by atoms with van der Waals surface area (Å²) in [6.07, 6.45) is 6.95. The Labute approximate surface area is 127 Å². The summed E-state index contributed by atoms with van der Waals surface area (Å²) >= 11 is 0. The quantitative estimate of drug-likeness (QED) is 0.842. The Balaban J connectivity index is 1.90. The first-order valence-corrected chi connectivity index (χ1v) is 8.22. The average molecular weight is 296 g/mol. The molecule has 2 amide bonds. The molecule has 5 heteroatoms. The van der Waals surface area contributed by atoms with Crippen LogP contribution in [0.4, 0.5) is 0 Å². The lowest BCUT2D eigenvalue weighted by Crippen LogP contribution is -2.68. The summed E-state index contributed by atoms with van der Waals surface area (Å²) in [6, 6.07) is -0.410. The number of nitrogens with zero attached hydrogens (tertiary/aromatic N) is 1. The topological polar surface area (TPSA) is 58.6 Å². The van der Waals surface area contributed by atoms with Crippen LogP contribution in [0, 0.1) is 0 Å². The molecule has 2 unspecified atom stereocenters. The van der Waals surface area contributed by atoms with E-state index >= 15 is 0 Å². The fraction of sp³-hybridized carbons (Fsp3) is 0.875. The van der Waals surface area contributed by atoms with Crippen LogP contribution in [0.3, 0.4) is 0 Å². The van der Waals surface area contributed by atoms with Crippen molar-refractivity contribution >= 4 is 11.8 Å². The van der Waals surface area contributed by atoms with Gasteiger partial charge in [0, 0.05) is 6.54 Å². The molecular weight excluding hydrogens is 268 g/mol. The molecule has 120 valence electrons. The Hall–Kier alpha value is -1.10. The first-order chi connectivity index (χ1) is 9.98. The summed E-state index contributed by atoms with van der Waals surface area (Å²) in [7, 11) is 0. The summed E-state index contributed by atoms with van der Waals surface area (Å²) in [6.45, 7) is 6.52. The number of carbonyl (C=O) groups is 2. The van der Waals surface area contributed by atoms with Crippen LogP contribution in [0.15, 0.2) is 0 Å². The lowest BCUT2D eigenvalue weighted by atomic mass is 9.92. The highest BCUT2D eigenvalue weighted by Gasteiger charge is 2.45. The average Bonchev–Trinajstić information content (AvgIpc) is 2.50. The van der Waals surface area contributed by atoms with Gasteiger partial charge in [0.05, 0.1) is 12.7 Å². The zero-order chi connectivity index (χ0) is 15.5. The van der Waals surface area contributed by atoms with E-state index in [2.05, 4.69) is 5.32 Å². The molecule has 1 N–H and O–H groups in total. The lowest BCUT2D eigenvalue weighted by molar-refractivity contribution is -0.154. The van der Waals surface area contributed by atoms with Crippen molar-refractivity contribution in [2.45, 2.75) is 77.0 Å². The predicted octanol–water partition coefficient (Wildman–Crippen LogP) is 1.85. The minimum atomic E-state index is -0.769. The van der Waals surface area contributed by atoms with Crippen molar-refractivity contribution < 1.29 is 14.3 Å². The zero-order valence-electron chi connectivity index (χ0n) is 13.5. The van der Waals surface area contributed by atoms with Crippen molar-refractivity contribution in [3.63, 3.8) is 0 Å². The monoisotopic (exact) mass is 296 g/mol. The van der Waals surface area contributed by atoms with Crippen molar-refractivity contribution in [1.82, 2.24) is 10.2 Å². The molecule has 1 saturated heterocycles. The van der Waals surface area contributed by atoms with Gasteiger partial charge in [-0.25, -0.2) is 0 Å². The molecule has 2 atom stereocenters. The predicted molar refractivity (Wildman–Crippen MR) is 80.8 cm³/mol. The van der Waals surface area contributed by atoms with Crippen LogP contribution >= 0.6 is 0 Å². The van der Waals surface area contributed by atoms with Crippen molar-refractivity contribution in [3.8, 4) is 0 Å². The molecule has 0 radical (unpaired) electrons. The highest BCUT2D eigenvalue weighted by atomic mass is 16.5. The van der Waals surface area contributed by atoms with Gasteiger partial charge in [-0.15, -0.1) is 0 Å². The van der Waals surface area contributed by atoms with E-state index in [0.29, 0.717) is 25.7 Å². The SMILES string of the molecule is CCC1(C)NC(=O)C(C)N(CCOC2CCCCC2)C1=O. The zero-order valence-corrected chi connectivity index (χ0v) is 13.5. The molecule has 0 spiro atoms. The maximum atomic E-state index is 12.6. The number of carbonyl (C=O) groups excluding carboxylic acids is 2. The smallest absolute Gasteiger partial charge is 0.248 e. The molecule has 1 aliphatic carbocycles. The minimum absolute atomic E-state index is 0.00402. The molecule has 0 bridgehead atoms. The van der Waals surface area contributed by atoms with E-state index in [1.807, 2.05) is 6.92 Å². The van der Waals surface area contributed by atoms with Gasteiger partial charge in [0.15, 0.2) is 0 Å². The molecule has 1 heterocycles. The standard InChI is InChI=1S/C16H28N2O3/c1-4-16(3)15(20)18(12(2)14(19)17-16)10-11-21-13-8-6-5-7-9-13/h12-13H,4-11H2,1-3H3,(H,17,19). The number of hydrogen-bond acceptors (Lipinski definition) is 3. The van der Waals surface area contributed by atoms with Gasteiger partial charge in [0.25, 0.3) is 0 Å². The van der Waals surface area contributed by atoms with Gasteiger partial charge in [-0.1, -0.05) is 26.2 Å². The van der Waals surface area contributed by atoms with Gasteiger partial charge < -0.3 is 15.0 Å². The van der Waals surface area contributed by atoms with E-state index in [0.717, 1.165) is 12.8 Å². The Kier molecular flexibility index (Phi) is 5.25. The summed E-state index contributed by atoms with van der Waals surface area (Å²) < 4.78 is 5.89. The van der Waals surface area contributed by atoms with E-state index < -0.39 is 11.6 Å². The Bertz CT molecular complexity index is 393. The third-order valence-corrected chi connectivity index (χ3v) is 4.92. The van der Waals surface area contributed by atoms with Crippen molar-refractivity contribution in [2.75, 3.05) is 13.2 Å². The first-order valence-electron chi connectivity index (χ1n) is 8.22. The minimum Gasteiger partial charge on any atom is -0.376 e. The Morgan fingerprint density at radius 2 is 1.95 bits per heavy atom. The number of nitrogens with one attached hydrogen (secondary N) is 1. The van der Waals surface area contributed by atoms with Crippen LogP contribution in [0.1, 0.15) is 59.3 Å². The Morgan fingerprint density at radius 1 is 1.29 bits per heavy atom. The Morgan fingerprint density at radius 3 is 2.57 bits per heavy atom. The van der Waals surface area contributed by atoms with Crippen LogP contribution in [0.5, 0.6) is 0 Å². The van der Waals surface area contributed by atoms with Crippen LogP contribution in [-0.4, -0.2) is 47.6 Å². The first kappa shape index (κ1) is 16.3. The van der Waals surface area contributed by atoms with Crippen molar-refractivity contribution in [3.05, 3.63) is 0 Å². The van der Waals surface area contributed by atoms with Gasteiger partial charge in [0.1, 0.15) is 11.6 Å². The van der Waals surface area contributed by atoms with Crippen LogP contribution in [0.2, 0.25) is 0 Å². The lowest BCUT2D eigenvalue weighted by Gasteiger charge is -2.43. The summed E-state index contributed by atoms with van der Waals surface area (Å²) in [5, 5.41) is 2.84. The highest BCUT2D eigenvalue weighted by Crippen LogP contribution is 2.22. The molecule has 5 nitrogen and oxygen atoms in total. The van der Waals surface area contributed by atoms with E-state index in [-0.39, 0.29) is 11.8 Å². The van der Waals surface area contributed by atoms with Gasteiger partial charge in [-0.2, -0.15) is 0 Å². The van der Waals surface area contributed by atoms with Crippen LogP contribution in [-0.2, 0) is 14.3 Å². The molecule has 0 aromatic rings. The van der Waals surface area contributed by atoms with Gasteiger partial charge in [0.2, 0.25) is 11.8 Å². The molecule has 1 saturated carbocycles. The maximum Gasteiger partial charge on any atom is 0.248 e.